The Bertz CT molecular complexity index is 1620. The van der Waals surface area contributed by atoms with E-state index in [1.54, 1.807) is 24.5 Å². The average Bonchev–Trinajstić information content (AvgIpc) is 3.61. The van der Waals surface area contributed by atoms with Gasteiger partial charge in [-0.15, -0.1) is 0 Å². The van der Waals surface area contributed by atoms with Gasteiger partial charge in [0.25, 0.3) is 5.91 Å². The van der Waals surface area contributed by atoms with Gasteiger partial charge >= 0.3 is 0 Å². The minimum atomic E-state index is -0.547. The normalized spacial score (nSPS) is 17.6. The number of piperazine rings is 1. The van der Waals surface area contributed by atoms with E-state index in [1.165, 1.54) is 31.5 Å². The Kier molecular flexibility index (Phi) is 6.34. The van der Waals surface area contributed by atoms with Crippen LogP contribution in [0.3, 0.4) is 0 Å². The minimum absolute atomic E-state index is 0.0525. The van der Waals surface area contributed by atoms with Crippen molar-refractivity contribution >= 4 is 17.3 Å². The number of methoxy groups -OCH3 is 1. The van der Waals surface area contributed by atoms with Crippen molar-refractivity contribution < 1.29 is 13.9 Å². The molecule has 2 saturated heterocycles. The molecule has 9 nitrogen and oxygen atoms in total. The topological polar surface area (TPSA) is 116 Å². The summed E-state index contributed by atoms with van der Waals surface area (Å²) in [5.41, 5.74) is 3.72. The largest absolute Gasteiger partial charge is 0.496 e. The molecule has 2 bridgehead atoms. The van der Waals surface area contributed by atoms with Gasteiger partial charge < -0.3 is 20.3 Å². The molecule has 10 heteroatoms. The number of ether oxygens (including phenoxy) is 1. The number of halogens is 1. The highest BCUT2D eigenvalue weighted by Gasteiger charge is 2.38. The van der Waals surface area contributed by atoms with E-state index in [4.69, 9.17) is 4.74 Å². The molecular formula is C29H24FN7O2. The van der Waals surface area contributed by atoms with Gasteiger partial charge in [-0.1, -0.05) is 12.1 Å². The number of carbonyl (C=O) groups excluding carboxylic acids is 1. The summed E-state index contributed by atoms with van der Waals surface area (Å²) in [7, 11) is 1.44. The van der Waals surface area contributed by atoms with Crippen LogP contribution >= 0.6 is 0 Å². The van der Waals surface area contributed by atoms with E-state index < -0.39 is 11.7 Å². The third-order valence-electron chi connectivity index (χ3n) is 7.17. The average molecular weight is 522 g/mol. The zero-order valence-electron chi connectivity index (χ0n) is 21.1. The first kappa shape index (κ1) is 24.5. The lowest BCUT2D eigenvalue weighted by atomic mass is 10.0. The first-order valence-electron chi connectivity index (χ1n) is 12.5. The van der Waals surface area contributed by atoms with Gasteiger partial charge in [-0.3, -0.25) is 9.78 Å². The van der Waals surface area contributed by atoms with Gasteiger partial charge in [0.1, 0.15) is 17.3 Å². The van der Waals surface area contributed by atoms with Crippen molar-refractivity contribution in [3.63, 3.8) is 0 Å². The van der Waals surface area contributed by atoms with Crippen LogP contribution in [0.5, 0.6) is 5.75 Å². The zero-order chi connectivity index (χ0) is 26.9. The molecule has 2 atom stereocenters. The van der Waals surface area contributed by atoms with Crippen LogP contribution in [0.1, 0.15) is 22.5 Å². The molecule has 4 aromatic rings. The van der Waals surface area contributed by atoms with Crippen LogP contribution in [0.25, 0.3) is 22.5 Å². The number of aromatic nitrogens is 3. The Hall–Kier alpha value is -4.88. The number of hydrogen-bond donors (Lipinski definition) is 2. The van der Waals surface area contributed by atoms with E-state index in [9.17, 15) is 14.4 Å². The monoisotopic (exact) mass is 521 g/mol. The summed E-state index contributed by atoms with van der Waals surface area (Å²) in [6, 6.07) is 16.2. The molecule has 2 aromatic heterocycles. The molecule has 2 N–H and O–H groups in total. The van der Waals surface area contributed by atoms with E-state index in [0.29, 0.717) is 23.3 Å². The zero-order valence-corrected chi connectivity index (χ0v) is 21.1. The fourth-order valence-electron chi connectivity index (χ4n) is 5.30. The van der Waals surface area contributed by atoms with Crippen molar-refractivity contribution in [2.75, 3.05) is 30.4 Å². The lowest BCUT2D eigenvalue weighted by Gasteiger charge is -2.31. The summed E-state index contributed by atoms with van der Waals surface area (Å²) in [6.07, 6.45) is 5.71. The van der Waals surface area contributed by atoms with Gasteiger partial charge in [-0.05, 0) is 48.4 Å². The van der Waals surface area contributed by atoms with Crippen LogP contribution in [0.15, 0.2) is 67.1 Å². The summed E-state index contributed by atoms with van der Waals surface area (Å²) in [5.74, 6) is -0.675. The van der Waals surface area contributed by atoms with Gasteiger partial charge in [0, 0.05) is 49.3 Å². The summed E-state index contributed by atoms with van der Waals surface area (Å²) in [6.45, 7) is 1.66. The fraction of sp³-hybridized carbons (Fsp3) is 0.207. The van der Waals surface area contributed by atoms with Gasteiger partial charge in [-0.25, -0.2) is 14.4 Å². The van der Waals surface area contributed by atoms with Crippen LogP contribution in [0.4, 0.5) is 15.8 Å². The van der Waals surface area contributed by atoms with E-state index >= 15 is 0 Å². The highest BCUT2D eigenvalue weighted by atomic mass is 19.1. The first-order chi connectivity index (χ1) is 19.1. The van der Waals surface area contributed by atoms with Crippen molar-refractivity contribution in [1.82, 2.24) is 20.3 Å². The van der Waals surface area contributed by atoms with Crippen molar-refractivity contribution in [3.8, 4) is 34.3 Å². The molecule has 0 aliphatic carbocycles. The first-order valence-corrected chi connectivity index (χ1v) is 12.5. The van der Waals surface area contributed by atoms with E-state index in [1.807, 2.05) is 18.2 Å². The number of benzene rings is 2. The number of pyridine rings is 1. The smallest absolute Gasteiger partial charge is 0.274 e. The fourth-order valence-corrected chi connectivity index (χ4v) is 5.30. The highest BCUT2D eigenvalue weighted by Crippen LogP contribution is 2.38. The Labute approximate surface area is 224 Å². The van der Waals surface area contributed by atoms with Gasteiger partial charge in [0.2, 0.25) is 0 Å². The van der Waals surface area contributed by atoms with Gasteiger partial charge in [0.15, 0.2) is 5.82 Å². The summed E-state index contributed by atoms with van der Waals surface area (Å²) < 4.78 is 19.9. The number of nitrogens with one attached hydrogen (secondary N) is 2. The molecular weight excluding hydrogens is 497 g/mol. The van der Waals surface area contributed by atoms with Crippen LogP contribution in [-0.2, 0) is 0 Å². The molecule has 0 saturated carbocycles. The maximum Gasteiger partial charge on any atom is 0.274 e. The maximum atomic E-state index is 14.6. The number of anilines is 2. The summed E-state index contributed by atoms with van der Waals surface area (Å²) in [4.78, 5) is 28.4. The van der Waals surface area contributed by atoms with Gasteiger partial charge in [0.05, 0.1) is 35.7 Å². The number of amides is 1. The van der Waals surface area contributed by atoms with Crippen molar-refractivity contribution in [2.45, 2.75) is 18.5 Å². The van der Waals surface area contributed by atoms with Crippen molar-refractivity contribution in [1.29, 1.82) is 5.26 Å². The number of carbonyl (C=O) groups is 1. The Morgan fingerprint density at radius 2 is 2.13 bits per heavy atom. The molecule has 6 rings (SSSR count). The van der Waals surface area contributed by atoms with Crippen LogP contribution < -0.4 is 20.3 Å². The second-order valence-corrected chi connectivity index (χ2v) is 9.45. The second kappa shape index (κ2) is 10.1. The molecule has 4 heterocycles. The second-order valence-electron chi connectivity index (χ2n) is 9.45. The molecule has 1 amide bonds. The lowest BCUT2D eigenvalue weighted by molar-refractivity contribution is 0.102. The molecule has 2 aliphatic heterocycles. The predicted molar refractivity (Wildman–Crippen MR) is 144 cm³/mol. The SMILES string of the molecule is COc1cccc(F)c1-c1nccc(C(=O)Nc2ccc(-c3cnccc3C#N)cc2N2CC3CC2CN3)n1. The molecule has 0 radical (unpaired) electrons. The molecule has 0 spiro atoms. The van der Waals surface area contributed by atoms with Crippen LogP contribution in [-0.4, -0.2) is 53.1 Å². The number of nitrogens with zero attached hydrogens (tertiary/aromatic N) is 5. The molecule has 194 valence electrons. The number of fused-ring (bicyclic) bond motifs is 2. The number of hydrogen-bond acceptors (Lipinski definition) is 8. The Morgan fingerprint density at radius 3 is 2.90 bits per heavy atom. The summed E-state index contributed by atoms with van der Waals surface area (Å²) in [5, 5.41) is 16.1. The van der Waals surface area contributed by atoms with E-state index in [0.717, 1.165) is 36.3 Å². The lowest BCUT2D eigenvalue weighted by Crippen LogP contribution is -2.44. The quantitative estimate of drug-likeness (QED) is 0.391. The van der Waals surface area contributed by atoms with Crippen molar-refractivity contribution in [2.24, 2.45) is 0 Å². The molecule has 2 fully saturated rings. The molecule has 39 heavy (non-hydrogen) atoms. The van der Waals surface area contributed by atoms with Crippen molar-refractivity contribution in [3.05, 3.63) is 84.2 Å². The summed E-state index contributed by atoms with van der Waals surface area (Å²) >= 11 is 0. The predicted octanol–water partition coefficient (Wildman–Crippen LogP) is 4.03. The number of rotatable bonds is 6. The Morgan fingerprint density at radius 1 is 1.23 bits per heavy atom. The standard InChI is InChI=1S/C29H24FN7O2/c1-39-26-4-2-3-22(30)27(26)28-33-10-8-24(35-28)29(38)36-23-6-5-17(21-15-32-9-7-18(21)13-31)11-25(23)37-16-19-12-20(37)14-34-19/h2-11,15,19-20,34H,12,14,16H2,1H3,(H,36,38). The van der Waals surface area contributed by atoms with Crippen LogP contribution in [0.2, 0.25) is 0 Å². The van der Waals surface area contributed by atoms with E-state index in [-0.39, 0.29) is 22.8 Å². The Balaban J connectivity index is 1.36. The van der Waals surface area contributed by atoms with Gasteiger partial charge in [-0.2, -0.15) is 5.26 Å². The van der Waals surface area contributed by atoms with E-state index in [2.05, 4.69) is 36.6 Å². The third kappa shape index (κ3) is 4.53. The minimum Gasteiger partial charge on any atom is -0.496 e. The maximum absolute atomic E-state index is 14.6. The molecule has 2 aliphatic rings. The van der Waals surface area contributed by atoms with Crippen LogP contribution in [0, 0.1) is 17.1 Å². The third-order valence-corrected chi connectivity index (χ3v) is 7.17. The molecule has 2 aromatic carbocycles. The highest BCUT2D eigenvalue weighted by molar-refractivity contribution is 6.05. The molecule has 2 unspecified atom stereocenters. The number of nitriles is 1.